The zero-order chi connectivity index (χ0) is 13.9. The van der Waals surface area contributed by atoms with Crippen LogP contribution in [-0.2, 0) is 21.3 Å². The molecular formula is C9H9N3O4S3. The Bertz CT molecular complexity index is 663. The van der Waals surface area contributed by atoms with Crippen LogP contribution >= 0.6 is 22.7 Å². The Morgan fingerprint density at radius 3 is 2.84 bits per heavy atom. The molecule has 102 valence electrons. The van der Waals surface area contributed by atoms with Crippen LogP contribution in [0.4, 0.5) is 0 Å². The summed E-state index contributed by atoms with van der Waals surface area (Å²) in [6.07, 6.45) is 1.57. The molecule has 0 fully saturated rings. The van der Waals surface area contributed by atoms with Gasteiger partial charge in [0.25, 0.3) is 10.0 Å². The number of nitrogens with one attached hydrogen (secondary N) is 1. The van der Waals surface area contributed by atoms with Gasteiger partial charge in [0.15, 0.2) is 9.90 Å². The summed E-state index contributed by atoms with van der Waals surface area (Å²) < 4.78 is 30.9. The summed E-state index contributed by atoms with van der Waals surface area (Å²) >= 11 is 2.20. The van der Waals surface area contributed by atoms with Crippen LogP contribution in [0.3, 0.4) is 0 Å². The molecule has 0 bridgehead atoms. The Morgan fingerprint density at radius 1 is 1.42 bits per heavy atom. The van der Waals surface area contributed by atoms with Crippen LogP contribution in [0, 0.1) is 0 Å². The van der Waals surface area contributed by atoms with Crippen LogP contribution in [0.15, 0.2) is 21.4 Å². The van der Waals surface area contributed by atoms with E-state index in [1.807, 2.05) is 0 Å². The first-order valence-electron chi connectivity index (χ1n) is 4.93. The number of rotatable bonds is 5. The average Bonchev–Trinajstić information content (AvgIpc) is 3.06. The maximum atomic E-state index is 12.1. The highest BCUT2D eigenvalue weighted by atomic mass is 32.2. The number of sulfonamides is 1. The molecule has 0 saturated carbocycles. The summed E-state index contributed by atoms with van der Waals surface area (Å²) in [7, 11) is -2.63. The van der Waals surface area contributed by atoms with Crippen molar-refractivity contribution in [2.75, 3.05) is 7.11 Å². The second-order valence-electron chi connectivity index (χ2n) is 3.27. The van der Waals surface area contributed by atoms with E-state index in [0.29, 0.717) is 0 Å². The van der Waals surface area contributed by atoms with Crippen LogP contribution in [0.1, 0.15) is 15.4 Å². The van der Waals surface area contributed by atoms with Gasteiger partial charge in [0.2, 0.25) is 0 Å². The van der Waals surface area contributed by atoms with E-state index in [4.69, 9.17) is 0 Å². The monoisotopic (exact) mass is 319 g/mol. The van der Waals surface area contributed by atoms with Gasteiger partial charge >= 0.3 is 5.97 Å². The van der Waals surface area contributed by atoms with Crippen molar-refractivity contribution < 1.29 is 17.9 Å². The molecule has 10 heteroatoms. The van der Waals surface area contributed by atoms with Crippen molar-refractivity contribution in [1.29, 1.82) is 0 Å². The number of ether oxygens (including phenoxy) is 1. The molecule has 0 aliphatic heterocycles. The predicted molar refractivity (Wildman–Crippen MR) is 69.6 cm³/mol. The fraction of sp³-hybridized carbons (Fsp3) is 0.222. The molecule has 2 aromatic heterocycles. The van der Waals surface area contributed by atoms with Gasteiger partial charge in [0.05, 0.1) is 18.1 Å². The fourth-order valence-electron chi connectivity index (χ4n) is 1.22. The summed E-state index contributed by atoms with van der Waals surface area (Å²) in [5.74, 6) is -0.778. The molecule has 0 radical (unpaired) electrons. The zero-order valence-corrected chi connectivity index (χ0v) is 12.1. The van der Waals surface area contributed by atoms with E-state index in [0.717, 1.165) is 16.2 Å². The number of hydrogen-bond acceptors (Lipinski definition) is 8. The predicted octanol–water partition coefficient (Wildman–Crippen LogP) is 0.865. The van der Waals surface area contributed by atoms with Gasteiger partial charge in [-0.1, -0.05) is 0 Å². The van der Waals surface area contributed by atoms with E-state index in [9.17, 15) is 13.2 Å². The standard InChI is InChI=1S/C9H9N3O4S3/c1-16-8(13)7-9(18-5-11-7)19(14,15)12-3-6-2-10-4-17-6/h2,4-5,12H,3H2,1H3. The first-order chi connectivity index (χ1) is 9.04. The van der Waals surface area contributed by atoms with Gasteiger partial charge in [-0.3, -0.25) is 4.98 Å². The number of nitrogens with zero attached hydrogens (tertiary/aromatic N) is 2. The highest BCUT2D eigenvalue weighted by Gasteiger charge is 2.26. The summed E-state index contributed by atoms with van der Waals surface area (Å²) in [6.45, 7) is 0.117. The van der Waals surface area contributed by atoms with Crippen molar-refractivity contribution in [3.8, 4) is 0 Å². The van der Waals surface area contributed by atoms with Crippen LogP contribution in [0.25, 0.3) is 0 Å². The van der Waals surface area contributed by atoms with Crippen molar-refractivity contribution in [1.82, 2.24) is 14.7 Å². The van der Waals surface area contributed by atoms with Crippen molar-refractivity contribution in [2.24, 2.45) is 0 Å². The number of methoxy groups -OCH3 is 1. The lowest BCUT2D eigenvalue weighted by molar-refractivity contribution is 0.0590. The molecule has 2 rings (SSSR count). The quantitative estimate of drug-likeness (QED) is 0.821. The number of hydrogen-bond donors (Lipinski definition) is 1. The topological polar surface area (TPSA) is 98.2 Å². The van der Waals surface area contributed by atoms with Gasteiger partial charge in [-0.2, -0.15) is 0 Å². The Kier molecular flexibility index (Phi) is 4.24. The largest absolute Gasteiger partial charge is 0.464 e. The zero-order valence-electron chi connectivity index (χ0n) is 9.69. The minimum atomic E-state index is -3.79. The lowest BCUT2D eigenvalue weighted by Gasteiger charge is -2.04. The van der Waals surface area contributed by atoms with E-state index in [2.05, 4.69) is 19.4 Å². The highest BCUT2D eigenvalue weighted by Crippen LogP contribution is 2.21. The van der Waals surface area contributed by atoms with Crippen LogP contribution in [0.5, 0.6) is 0 Å². The molecular weight excluding hydrogens is 310 g/mol. The van der Waals surface area contributed by atoms with Crippen LogP contribution < -0.4 is 4.72 Å². The molecule has 0 unspecified atom stereocenters. The molecule has 19 heavy (non-hydrogen) atoms. The Morgan fingerprint density at radius 2 is 2.21 bits per heavy atom. The average molecular weight is 319 g/mol. The minimum absolute atomic E-state index is 0.117. The maximum Gasteiger partial charge on any atom is 0.358 e. The van der Waals surface area contributed by atoms with E-state index < -0.39 is 16.0 Å². The molecule has 0 atom stereocenters. The molecule has 0 aromatic carbocycles. The third-order valence-electron chi connectivity index (χ3n) is 2.08. The number of thiazole rings is 2. The van der Waals surface area contributed by atoms with E-state index in [1.165, 1.54) is 24.0 Å². The van der Waals surface area contributed by atoms with Gasteiger partial charge in [-0.15, -0.1) is 22.7 Å². The Labute approximate surface area is 117 Å². The highest BCUT2D eigenvalue weighted by molar-refractivity contribution is 7.91. The third kappa shape index (κ3) is 3.15. The van der Waals surface area contributed by atoms with E-state index >= 15 is 0 Å². The lowest BCUT2D eigenvalue weighted by atomic mass is 10.5. The van der Waals surface area contributed by atoms with Gasteiger partial charge in [-0.25, -0.2) is 22.9 Å². The molecule has 0 aliphatic carbocycles. The molecule has 2 heterocycles. The summed E-state index contributed by atoms with van der Waals surface area (Å²) in [5.41, 5.74) is 2.69. The molecule has 1 N–H and O–H groups in total. The molecule has 0 spiro atoms. The molecule has 0 saturated heterocycles. The normalized spacial score (nSPS) is 11.4. The van der Waals surface area contributed by atoms with Crippen LogP contribution in [-0.4, -0.2) is 31.5 Å². The van der Waals surface area contributed by atoms with Crippen molar-refractivity contribution in [2.45, 2.75) is 10.8 Å². The van der Waals surface area contributed by atoms with Crippen molar-refractivity contribution in [3.05, 3.63) is 27.8 Å². The van der Waals surface area contributed by atoms with E-state index in [1.54, 1.807) is 11.7 Å². The molecule has 0 amide bonds. The minimum Gasteiger partial charge on any atom is -0.464 e. The number of aromatic nitrogens is 2. The maximum absolute atomic E-state index is 12.1. The summed E-state index contributed by atoms with van der Waals surface area (Å²) in [6, 6.07) is 0. The Balaban J connectivity index is 2.20. The second kappa shape index (κ2) is 5.74. The lowest BCUT2D eigenvalue weighted by Crippen LogP contribution is -2.24. The summed E-state index contributed by atoms with van der Waals surface area (Å²) in [4.78, 5) is 19.7. The molecule has 0 aliphatic rings. The Hall–Kier alpha value is -1.36. The number of carbonyl (C=O) groups is 1. The molecule has 7 nitrogen and oxygen atoms in total. The van der Waals surface area contributed by atoms with Gasteiger partial charge < -0.3 is 4.74 Å². The smallest absolute Gasteiger partial charge is 0.358 e. The summed E-state index contributed by atoms with van der Waals surface area (Å²) in [5, 5.41) is 0. The molecule has 2 aromatic rings. The van der Waals surface area contributed by atoms with Gasteiger partial charge in [0.1, 0.15) is 0 Å². The SMILES string of the molecule is COC(=O)c1ncsc1S(=O)(=O)NCc1cncs1. The fourth-order valence-corrected chi connectivity index (χ4v) is 4.03. The second-order valence-corrected chi connectivity index (χ2v) is 7.06. The first-order valence-corrected chi connectivity index (χ1v) is 8.17. The van der Waals surface area contributed by atoms with Crippen LogP contribution in [0.2, 0.25) is 0 Å². The third-order valence-corrected chi connectivity index (χ3v) is 5.63. The first kappa shape index (κ1) is 14.1. The number of carbonyl (C=O) groups excluding carboxylic acids is 1. The van der Waals surface area contributed by atoms with Gasteiger partial charge in [-0.05, 0) is 0 Å². The van der Waals surface area contributed by atoms with Crippen molar-refractivity contribution in [3.63, 3.8) is 0 Å². The van der Waals surface area contributed by atoms with Gasteiger partial charge in [0, 0.05) is 17.6 Å². The van der Waals surface area contributed by atoms with E-state index in [-0.39, 0.29) is 16.4 Å². The number of esters is 1. The van der Waals surface area contributed by atoms with Crippen molar-refractivity contribution >= 4 is 38.7 Å².